The molecule has 2 saturated heterocycles. The SMILES string of the molecule is NC(=O)c1ncn([C@@H]2O[C@H](CO)[C@@H](O)[C@H]2O)n1.O=c1cnn([C@@H]2O[C@H](CO)[C@@H](O)[C@H]2O)c(=O)[nH]1. The molecule has 2 aromatic heterocycles. The van der Waals surface area contributed by atoms with Gasteiger partial charge in [0, 0.05) is 0 Å². The van der Waals surface area contributed by atoms with Crippen molar-refractivity contribution in [2.75, 3.05) is 13.2 Å². The van der Waals surface area contributed by atoms with Gasteiger partial charge in [-0.25, -0.2) is 14.5 Å². The first-order valence-corrected chi connectivity index (χ1v) is 9.73. The highest BCUT2D eigenvalue weighted by molar-refractivity contribution is 5.88. The average molecular weight is 489 g/mol. The number of nitrogens with two attached hydrogens (primary N) is 1. The van der Waals surface area contributed by atoms with Gasteiger partial charge in [-0.05, 0) is 0 Å². The molecule has 9 N–H and O–H groups in total. The van der Waals surface area contributed by atoms with Crippen molar-refractivity contribution in [3.8, 4) is 0 Å². The summed E-state index contributed by atoms with van der Waals surface area (Å²) in [6.45, 7) is -0.946. The minimum absolute atomic E-state index is 0.220. The molecule has 1 amide bonds. The molecule has 4 heterocycles. The van der Waals surface area contributed by atoms with Crippen LogP contribution in [0, 0.1) is 0 Å². The fraction of sp³-hybridized carbons (Fsp3) is 0.625. The molecule has 8 atom stereocenters. The maximum absolute atomic E-state index is 11.4. The predicted octanol–water partition coefficient (Wildman–Crippen LogP) is -6.47. The Hall–Kier alpha value is -3.10. The van der Waals surface area contributed by atoms with Crippen molar-refractivity contribution < 1.29 is 44.9 Å². The van der Waals surface area contributed by atoms with Crippen molar-refractivity contribution in [3.05, 3.63) is 39.2 Å². The van der Waals surface area contributed by atoms with Crippen molar-refractivity contribution >= 4 is 5.91 Å². The third-order valence-corrected chi connectivity index (χ3v) is 5.00. The summed E-state index contributed by atoms with van der Waals surface area (Å²) in [4.78, 5) is 38.5. The van der Waals surface area contributed by atoms with Gasteiger partial charge in [-0.2, -0.15) is 9.78 Å². The van der Waals surface area contributed by atoms with Gasteiger partial charge in [0.05, 0.1) is 13.2 Å². The number of aliphatic hydroxyl groups is 6. The van der Waals surface area contributed by atoms with Gasteiger partial charge in [-0.15, -0.1) is 5.10 Å². The summed E-state index contributed by atoms with van der Waals surface area (Å²) in [6, 6.07) is 0. The van der Waals surface area contributed by atoms with Crippen LogP contribution in [0.3, 0.4) is 0 Å². The molecule has 0 aromatic carbocycles. The van der Waals surface area contributed by atoms with E-state index in [1.807, 2.05) is 4.98 Å². The molecule has 0 aliphatic carbocycles. The fourth-order valence-electron chi connectivity index (χ4n) is 3.23. The lowest BCUT2D eigenvalue weighted by molar-refractivity contribution is -0.0618. The largest absolute Gasteiger partial charge is 0.394 e. The first-order chi connectivity index (χ1) is 16.1. The molecule has 34 heavy (non-hydrogen) atoms. The third kappa shape index (κ3) is 5.03. The Morgan fingerprint density at radius 1 is 1.00 bits per heavy atom. The summed E-state index contributed by atoms with van der Waals surface area (Å²) < 4.78 is 12.0. The molecule has 0 spiro atoms. The highest BCUT2D eigenvalue weighted by atomic mass is 16.6. The molecule has 188 valence electrons. The van der Waals surface area contributed by atoms with Crippen molar-refractivity contribution in [1.29, 1.82) is 0 Å². The molecule has 0 saturated carbocycles. The highest BCUT2D eigenvalue weighted by Crippen LogP contribution is 2.28. The van der Waals surface area contributed by atoms with Crippen LogP contribution in [-0.2, 0) is 9.47 Å². The predicted molar refractivity (Wildman–Crippen MR) is 104 cm³/mol. The van der Waals surface area contributed by atoms with Crippen LogP contribution in [0.25, 0.3) is 0 Å². The van der Waals surface area contributed by atoms with Crippen LogP contribution in [0.15, 0.2) is 22.1 Å². The van der Waals surface area contributed by atoms with Gasteiger partial charge in [0.25, 0.3) is 11.5 Å². The van der Waals surface area contributed by atoms with Crippen molar-refractivity contribution in [3.63, 3.8) is 0 Å². The van der Waals surface area contributed by atoms with Crippen LogP contribution in [-0.4, -0.2) is 116 Å². The lowest BCUT2D eigenvalue weighted by atomic mass is 10.1. The summed E-state index contributed by atoms with van der Waals surface area (Å²) in [5.74, 6) is -1.03. The van der Waals surface area contributed by atoms with Crippen LogP contribution in [0.1, 0.15) is 23.1 Å². The van der Waals surface area contributed by atoms with Crippen LogP contribution >= 0.6 is 0 Å². The molecule has 4 rings (SSSR count). The van der Waals surface area contributed by atoms with Gasteiger partial charge >= 0.3 is 5.69 Å². The fourth-order valence-corrected chi connectivity index (χ4v) is 3.23. The van der Waals surface area contributed by atoms with Gasteiger partial charge in [0.1, 0.15) is 49.1 Å². The highest BCUT2D eigenvalue weighted by Gasteiger charge is 2.45. The average Bonchev–Trinajstić information content (AvgIpc) is 3.47. The van der Waals surface area contributed by atoms with Crippen LogP contribution in [0.5, 0.6) is 0 Å². The number of aliphatic hydroxyl groups excluding tert-OH is 6. The van der Waals surface area contributed by atoms with E-state index in [0.29, 0.717) is 4.68 Å². The van der Waals surface area contributed by atoms with Crippen LogP contribution < -0.4 is 17.0 Å². The Balaban J connectivity index is 0.000000191. The zero-order valence-electron chi connectivity index (χ0n) is 17.2. The maximum Gasteiger partial charge on any atom is 0.347 e. The second-order valence-electron chi connectivity index (χ2n) is 7.25. The van der Waals surface area contributed by atoms with Crippen molar-refractivity contribution in [2.24, 2.45) is 5.73 Å². The molecule has 2 fully saturated rings. The zero-order valence-corrected chi connectivity index (χ0v) is 17.2. The molecular weight excluding hydrogens is 466 g/mol. The number of aromatic nitrogens is 6. The van der Waals surface area contributed by atoms with E-state index in [0.717, 1.165) is 17.2 Å². The van der Waals surface area contributed by atoms with Gasteiger partial charge in [0.15, 0.2) is 12.5 Å². The quantitative estimate of drug-likeness (QED) is 0.194. The molecule has 18 heteroatoms. The number of primary amides is 1. The Morgan fingerprint density at radius 2 is 1.56 bits per heavy atom. The van der Waals surface area contributed by atoms with E-state index in [1.165, 1.54) is 0 Å². The number of amides is 1. The van der Waals surface area contributed by atoms with Crippen molar-refractivity contribution in [1.82, 2.24) is 29.5 Å². The molecule has 2 aromatic rings. The van der Waals surface area contributed by atoms with Gasteiger partial charge in [-0.1, -0.05) is 0 Å². The first-order valence-electron chi connectivity index (χ1n) is 9.73. The molecule has 18 nitrogen and oxygen atoms in total. The molecular formula is C16H23N7O11. The lowest BCUT2D eigenvalue weighted by Crippen LogP contribution is -2.39. The van der Waals surface area contributed by atoms with Gasteiger partial charge in [-0.3, -0.25) is 14.6 Å². The molecule has 2 aliphatic rings. The van der Waals surface area contributed by atoms with Crippen LogP contribution in [0.4, 0.5) is 0 Å². The number of H-pyrrole nitrogens is 1. The number of aromatic amines is 1. The minimum atomic E-state index is -1.41. The standard InChI is InChI=1S/C8H12N4O5.C8H11N3O6/c9-6(16)7-10-2-12(11-7)8-5(15)4(14)3(1-13)17-8;12-2-3-5(14)6(15)7(17-3)11-8(16)10-4(13)1-9-11/h2-5,8,13-15H,1H2,(H2,9,16);1,3,5-7,12,14-15H,2H2,(H,10,13,16)/t3-,4-,5-,8-;3-,5-,6-,7-/m11/s1. The lowest BCUT2D eigenvalue weighted by Gasteiger charge is -2.14. The van der Waals surface area contributed by atoms with E-state index >= 15 is 0 Å². The molecule has 0 bridgehead atoms. The number of nitrogens with zero attached hydrogens (tertiary/aromatic N) is 5. The third-order valence-electron chi connectivity index (χ3n) is 5.00. The summed E-state index contributed by atoms with van der Waals surface area (Å²) >= 11 is 0. The maximum atomic E-state index is 11.4. The normalized spacial score (nSPS) is 32.9. The van der Waals surface area contributed by atoms with E-state index in [2.05, 4.69) is 15.2 Å². The Bertz CT molecular complexity index is 1100. The van der Waals surface area contributed by atoms with Crippen LogP contribution in [0.2, 0.25) is 0 Å². The molecule has 0 radical (unpaired) electrons. The number of ether oxygens (including phenoxy) is 2. The second-order valence-corrected chi connectivity index (χ2v) is 7.25. The van der Waals surface area contributed by atoms with Crippen molar-refractivity contribution in [2.45, 2.75) is 49.1 Å². The molecule has 0 unspecified atom stereocenters. The summed E-state index contributed by atoms with van der Waals surface area (Å²) in [6.07, 6.45) is -7.41. The first kappa shape index (κ1) is 25.5. The van der Waals surface area contributed by atoms with E-state index in [4.69, 9.17) is 25.4 Å². The van der Waals surface area contributed by atoms with E-state index < -0.39 is 79.4 Å². The number of carbonyl (C=O) groups excluding carboxylic acids is 1. The number of carbonyl (C=O) groups is 1. The summed E-state index contributed by atoms with van der Waals surface area (Å²) in [5.41, 5.74) is 3.42. The Kier molecular flexibility index (Phi) is 7.84. The number of rotatable bonds is 5. The molecule has 2 aliphatic heterocycles. The number of hydrogen-bond acceptors (Lipinski definition) is 14. The summed E-state index contributed by atoms with van der Waals surface area (Å²) in [5, 5.41) is 63.3. The van der Waals surface area contributed by atoms with E-state index in [1.54, 1.807) is 0 Å². The van der Waals surface area contributed by atoms with E-state index in [9.17, 15) is 34.8 Å². The zero-order chi connectivity index (χ0) is 25.2. The van der Waals surface area contributed by atoms with E-state index in [-0.39, 0.29) is 5.82 Å². The Morgan fingerprint density at radius 3 is 2.03 bits per heavy atom. The topological polar surface area (TPSA) is 281 Å². The van der Waals surface area contributed by atoms with Gasteiger partial charge in [0.2, 0.25) is 5.82 Å². The van der Waals surface area contributed by atoms with Gasteiger partial charge < -0.3 is 45.8 Å². The minimum Gasteiger partial charge on any atom is -0.394 e. The number of hydrogen-bond donors (Lipinski definition) is 8. The number of nitrogens with one attached hydrogen (secondary N) is 1. The second kappa shape index (κ2) is 10.4. The monoisotopic (exact) mass is 489 g/mol. The smallest absolute Gasteiger partial charge is 0.347 e. The summed E-state index contributed by atoms with van der Waals surface area (Å²) in [7, 11) is 0. The Labute approximate surface area is 188 Å².